The summed E-state index contributed by atoms with van der Waals surface area (Å²) in [5, 5.41) is 4.29. The summed E-state index contributed by atoms with van der Waals surface area (Å²) in [6.07, 6.45) is 8.20. The Bertz CT molecular complexity index is 473. The van der Waals surface area contributed by atoms with Crippen molar-refractivity contribution in [2.75, 3.05) is 7.11 Å². The second-order valence-electron chi connectivity index (χ2n) is 5.12. The molecule has 1 aliphatic carbocycles. The zero-order valence-corrected chi connectivity index (χ0v) is 12.0. The van der Waals surface area contributed by atoms with Gasteiger partial charge in [0.1, 0.15) is 5.75 Å². The van der Waals surface area contributed by atoms with Crippen molar-refractivity contribution >= 4 is 11.6 Å². The van der Waals surface area contributed by atoms with Crippen LogP contribution in [-0.2, 0) is 0 Å². The van der Waals surface area contributed by atoms with E-state index >= 15 is 0 Å². The van der Waals surface area contributed by atoms with Crippen LogP contribution < -0.4 is 10.2 Å². The maximum atomic E-state index is 12.0. The van der Waals surface area contributed by atoms with Crippen molar-refractivity contribution in [2.45, 2.75) is 44.9 Å². The van der Waals surface area contributed by atoms with Crippen molar-refractivity contribution < 1.29 is 9.53 Å². The molecule has 20 heavy (non-hydrogen) atoms. The molecule has 0 bridgehead atoms. The summed E-state index contributed by atoms with van der Waals surface area (Å²) in [5.74, 6) is 0.495. The molecule has 0 atom stereocenters. The van der Waals surface area contributed by atoms with E-state index in [4.69, 9.17) is 4.74 Å². The number of hydrazone groups is 1. The number of carbonyl (C=O) groups is 1. The third-order valence-electron chi connectivity index (χ3n) is 3.58. The van der Waals surface area contributed by atoms with E-state index in [0.29, 0.717) is 11.3 Å². The first-order valence-corrected chi connectivity index (χ1v) is 7.29. The Balaban J connectivity index is 1.95. The van der Waals surface area contributed by atoms with Crippen molar-refractivity contribution in [3.8, 4) is 5.75 Å². The number of nitrogens with one attached hydrogen (secondary N) is 1. The number of rotatable bonds is 3. The Kier molecular flexibility index (Phi) is 5.59. The molecule has 0 aromatic heterocycles. The first-order chi connectivity index (χ1) is 9.79. The van der Waals surface area contributed by atoms with Crippen LogP contribution in [0.1, 0.15) is 55.3 Å². The van der Waals surface area contributed by atoms with Gasteiger partial charge in [0.05, 0.1) is 7.11 Å². The van der Waals surface area contributed by atoms with Gasteiger partial charge in [-0.05, 0) is 43.9 Å². The maximum absolute atomic E-state index is 12.0. The molecule has 2 rings (SSSR count). The highest BCUT2D eigenvalue weighted by atomic mass is 16.5. The predicted octanol–water partition coefficient (Wildman–Crippen LogP) is 3.53. The molecule has 4 heteroatoms. The molecule has 1 aromatic rings. The number of ether oxygens (including phenoxy) is 1. The standard InChI is InChI=1S/C16H22N2O2/c1-20-15-11-7-8-13(12-15)16(19)18-17-14-9-5-3-2-4-6-10-14/h7-8,11-12H,2-6,9-10H2,1H3,(H,18,19). The van der Waals surface area contributed by atoms with Gasteiger partial charge in [-0.25, -0.2) is 5.43 Å². The Morgan fingerprint density at radius 1 is 1.15 bits per heavy atom. The molecule has 1 aromatic carbocycles. The number of amides is 1. The first-order valence-electron chi connectivity index (χ1n) is 7.29. The summed E-state index contributed by atoms with van der Waals surface area (Å²) >= 11 is 0. The van der Waals surface area contributed by atoms with Crippen LogP contribution in [0.5, 0.6) is 5.75 Å². The molecule has 0 radical (unpaired) electrons. The Labute approximate surface area is 120 Å². The molecule has 1 aliphatic rings. The van der Waals surface area contributed by atoms with Gasteiger partial charge in [-0.1, -0.05) is 25.3 Å². The lowest BCUT2D eigenvalue weighted by atomic mass is 9.99. The number of carbonyl (C=O) groups excluding carboxylic acids is 1. The summed E-state index contributed by atoms with van der Waals surface area (Å²) in [5.41, 5.74) is 4.34. The van der Waals surface area contributed by atoms with Crippen LogP contribution >= 0.6 is 0 Å². The van der Waals surface area contributed by atoms with E-state index in [1.54, 1.807) is 25.3 Å². The predicted molar refractivity (Wildman–Crippen MR) is 80.2 cm³/mol. The molecule has 1 N–H and O–H groups in total. The number of benzene rings is 1. The fourth-order valence-electron chi connectivity index (χ4n) is 2.38. The van der Waals surface area contributed by atoms with Gasteiger partial charge in [-0.2, -0.15) is 5.10 Å². The first kappa shape index (κ1) is 14.6. The molecule has 0 aliphatic heterocycles. The molecule has 4 nitrogen and oxygen atoms in total. The van der Waals surface area contributed by atoms with Crippen molar-refractivity contribution in [1.82, 2.24) is 5.43 Å². The smallest absolute Gasteiger partial charge is 0.271 e. The molecule has 0 unspecified atom stereocenters. The number of methoxy groups -OCH3 is 1. The van der Waals surface area contributed by atoms with Gasteiger partial charge in [0.2, 0.25) is 0 Å². The van der Waals surface area contributed by atoms with E-state index in [1.165, 1.54) is 32.1 Å². The highest BCUT2D eigenvalue weighted by Crippen LogP contribution is 2.15. The van der Waals surface area contributed by atoms with Crippen LogP contribution in [0.15, 0.2) is 29.4 Å². The lowest BCUT2D eigenvalue weighted by Crippen LogP contribution is -2.20. The highest BCUT2D eigenvalue weighted by Gasteiger charge is 2.08. The van der Waals surface area contributed by atoms with E-state index in [1.807, 2.05) is 6.07 Å². The van der Waals surface area contributed by atoms with E-state index < -0.39 is 0 Å². The van der Waals surface area contributed by atoms with Gasteiger partial charge in [-0.3, -0.25) is 4.79 Å². The molecule has 0 spiro atoms. The zero-order valence-electron chi connectivity index (χ0n) is 12.0. The number of nitrogens with zero attached hydrogens (tertiary/aromatic N) is 1. The third kappa shape index (κ3) is 4.37. The quantitative estimate of drug-likeness (QED) is 0.857. The average Bonchev–Trinajstić information content (AvgIpc) is 2.46. The summed E-state index contributed by atoms with van der Waals surface area (Å²) in [4.78, 5) is 12.0. The van der Waals surface area contributed by atoms with Crippen molar-refractivity contribution in [2.24, 2.45) is 5.10 Å². The minimum atomic E-state index is -0.182. The molecule has 0 saturated heterocycles. The summed E-state index contributed by atoms with van der Waals surface area (Å²) in [6, 6.07) is 7.10. The minimum absolute atomic E-state index is 0.182. The monoisotopic (exact) mass is 274 g/mol. The molecular formula is C16H22N2O2. The highest BCUT2D eigenvalue weighted by molar-refractivity contribution is 5.95. The van der Waals surface area contributed by atoms with Crippen LogP contribution in [0.4, 0.5) is 0 Å². The molecule has 0 heterocycles. The second kappa shape index (κ2) is 7.68. The van der Waals surface area contributed by atoms with Gasteiger partial charge in [0, 0.05) is 11.3 Å². The fourth-order valence-corrected chi connectivity index (χ4v) is 2.38. The number of hydrogen-bond acceptors (Lipinski definition) is 3. The van der Waals surface area contributed by atoms with Gasteiger partial charge in [0.15, 0.2) is 0 Å². The molecule has 1 amide bonds. The van der Waals surface area contributed by atoms with Crippen LogP contribution in [0.2, 0.25) is 0 Å². The Morgan fingerprint density at radius 3 is 2.55 bits per heavy atom. The van der Waals surface area contributed by atoms with E-state index in [2.05, 4.69) is 10.5 Å². The van der Waals surface area contributed by atoms with Crippen LogP contribution in [-0.4, -0.2) is 18.7 Å². The van der Waals surface area contributed by atoms with E-state index in [9.17, 15) is 4.79 Å². The van der Waals surface area contributed by atoms with Crippen LogP contribution in [0.25, 0.3) is 0 Å². The molecule has 108 valence electrons. The third-order valence-corrected chi connectivity index (χ3v) is 3.58. The van der Waals surface area contributed by atoms with Gasteiger partial charge in [0.25, 0.3) is 5.91 Å². The number of hydrogen-bond donors (Lipinski definition) is 1. The van der Waals surface area contributed by atoms with Crippen molar-refractivity contribution in [3.63, 3.8) is 0 Å². The van der Waals surface area contributed by atoms with E-state index in [0.717, 1.165) is 18.6 Å². The Morgan fingerprint density at radius 2 is 1.85 bits per heavy atom. The van der Waals surface area contributed by atoms with Gasteiger partial charge < -0.3 is 4.74 Å². The normalized spacial score (nSPS) is 15.9. The lowest BCUT2D eigenvalue weighted by molar-refractivity contribution is 0.0954. The molecule has 1 saturated carbocycles. The summed E-state index contributed by atoms with van der Waals surface area (Å²) in [7, 11) is 1.59. The minimum Gasteiger partial charge on any atom is -0.497 e. The van der Waals surface area contributed by atoms with Crippen LogP contribution in [0, 0.1) is 0 Å². The SMILES string of the molecule is COc1cccc(C(=O)NN=C2CCCCCCC2)c1. The second-order valence-corrected chi connectivity index (χ2v) is 5.12. The maximum Gasteiger partial charge on any atom is 0.271 e. The fraction of sp³-hybridized carbons (Fsp3) is 0.500. The van der Waals surface area contributed by atoms with E-state index in [-0.39, 0.29) is 5.91 Å². The molecular weight excluding hydrogens is 252 g/mol. The van der Waals surface area contributed by atoms with Crippen molar-refractivity contribution in [3.05, 3.63) is 29.8 Å². The average molecular weight is 274 g/mol. The summed E-state index contributed by atoms with van der Waals surface area (Å²) < 4.78 is 5.11. The zero-order chi connectivity index (χ0) is 14.2. The van der Waals surface area contributed by atoms with Gasteiger partial charge in [-0.15, -0.1) is 0 Å². The van der Waals surface area contributed by atoms with Crippen LogP contribution in [0.3, 0.4) is 0 Å². The topological polar surface area (TPSA) is 50.7 Å². The largest absolute Gasteiger partial charge is 0.497 e. The summed E-state index contributed by atoms with van der Waals surface area (Å²) in [6.45, 7) is 0. The molecule has 1 fully saturated rings. The Hall–Kier alpha value is -1.84. The van der Waals surface area contributed by atoms with Gasteiger partial charge >= 0.3 is 0 Å². The lowest BCUT2D eigenvalue weighted by Gasteiger charge is -2.11. The van der Waals surface area contributed by atoms with Crippen molar-refractivity contribution in [1.29, 1.82) is 0 Å².